The number of hydrogen-bond acceptors (Lipinski definition) is 4. The molecule has 0 fully saturated rings. The molecule has 1 aliphatic rings. The maximum atomic E-state index is 13.2. The highest BCUT2D eigenvalue weighted by atomic mass is 35.5. The van der Waals surface area contributed by atoms with Crippen LogP contribution in [0.15, 0.2) is 24.3 Å². The predicted octanol–water partition coefficient (Wildman–Crippen LogP) is 4.33. The second kappa shape index (κ2) is 6.36. The molecule has 126 valence electrons. The molecule has 1 unspecified atom stereocenters. The zero-order valence-corrected chi connectivity index (χ0v) is 14.9. The molecule has 0 amide bonds. The van der Waals surface area contributed by atoms with E-state index >= 15 is 0 Å². The first-order valence-electron chi connectivity index (χ1n) is 7.67. The van der Waals surface area contributed by atoms with Crippen LogP contribution in [-0.4, -0.2) is 26.6 Å². The van der Waals surface area contributed by atoms with Crippen LogP contribution in [0.25, 0.3) is 0 Å². The molecule has 0 bridgehead atoms. The van der Waals surface area contributed by atoms with Gasteiger partial charge in [-0.2, -0.15) is 0 Å². The molecule has 5 heteroatoms. The van der Waals surface area contributed by atoms with Crippen molar-refractivity contribution in [1.82, 2.24) is 0 Å². The molecule has 2 aromatic rings. The van der Waals surface area contributed by atoms with E-state index < -0.39 is 0 Å². The van der Waals surface area contributed by atoms with Crippen molar-refractivity contribution < 1.29 is 19.0 Å². The fourth-order valence-electron chi connectivity index (χ4n) is 3.29. The van der Waals surface area contributed by atoms with Crippen LogP contribution < -0.4 is 14.2 Å². The summed E-state index contributed by atoms with van der Waals surface area (Å²) in [7, 11) is 3.15. The van der Waals surface area contributed by atoms with Crippen molar-refractivity contribution in [2.24, 2.45) is 0 Å². The molecule has 0 spiro atoms. The van der Waals surface area contributed by atoms with E-state index in [1.54, 1.807) is 26.4 Å². The summed E-state index contributed by atoms with van der Waals surface area (Å²) in [6, 6.07) is 7.27. The second-order valence-corrected chi connectivity index (χ2v) is 6.24. The number of benzene rings is 2. The molecule has 24 heavy (non-hydrogen) atoms. The first-order valence-corrected chi connectivity index (χ1v) is 8.05. The topological polar surface area (TPSA) is 44.8 Å². The van der Waals surface area contributed by atoms with Crippen molar-refractivity contribution in [1.29, 1.82) is 0 Å². The van der Waals surface area contributed by atoms with Gasteiger partial charge in [0.2, 0.25) is 0 Å². The van der Waals surface area contributed by atoms with E-state index in [0.29, 0.717) is 27.8 Å². The number of ketones is 1. The lowest BCUT2D eigenvalue weighted by Gasteiger charge is -2.29. The predicted molar refractivity (Wildman–Crippen MR) is 93.0 cm³/mol. The zero-order chi connectivity index (χ0) is 17.4. The van der Waals surface area contributed by atoms with Gasteiger partial charge in [0.05, 0.1) is 20.1 Å². The van der Waals surface area contributed by atoms with Gasteiger partial charge in [0.25, 0.3) is 0 Å². The number of carbonyl (C=O) groups excluding carboxylic acids is 1. The van der Waals surface area contributed by atoms with Gasteiger partial charge in [-0.25, -0.2) is 0 Å². The summed E-state index contributed by atoms with van der Waals surface area (Å²) >= 11 is 5.94. The number of ether oxygens (including phenoxy) is 3. The van der Waals surface area contributed by atoms with Gasteiger partial charge < -0.3 is 14.2 Å². The van der Waals surface area contributed by atoms with Crippen molar-refractivity contribution in [3.63, 3.8) is 0 Å². The average molecular weight is 347 g/mol. The molecule has 1 atom stereocenters. The maximum Gasteiger partial charge on any atom is 0.181 e. The molecule has 0 aromatic heterocycles. The SMILES string of the molecule is COc1c(C)c(OC)c2c(c1C)OCC(c1ccc(Cl)cc1)C2=O. The smallest absolute Gasteiger partial charge is 0.181 e. The fraction of sp³-hybridized carbons (Fsp3) is 0.316. The normalized spacial score (nSPS) is 16.4. The maximum absolute atomic E-state index is 13.2. The van der Waals surface area contributed by atoms with E-state index in [0.717, 1.165) is 16.7 Å². The van der Waals surface area contributed by atoms with Crippen LogP contribution in [-0.2, 0) is 0 Å². The highest BCUT2D eigenvalue weighted by Crippen LogP contribution is 2.46. The van der Waals surface area contributed by atoms with Crippen LogP contribution in [0.4, 0.5) is 0 Å². The Labute approximate surface area is 146 Å². The third-order valence-electron chi connectivity index (χ3n) is 4.45. The number of carbonyl (C=O) groups is 1. The highest BCUT2D eigenvalue weighted by Gasteiger charge is 2.36. The molecule has 0 N–H and O–H groups in total. The first kappa shape index (κ1) is 16.7. The Morgan fingerprint density at radius 3 is 2.25 bits per heavy atom. The molecular weight excluding hydrogens is 328 g/mol. The van der Waals surface area contributed by atoms with Crippen LogP contribution in [0, 0.1) is 13.8 Å². The van der Waals surface area contributed by atoms with Crippen molar-refractivity contribution in [3.8, 4) is 17.2 Å². The van der Waals surface area contributed by atoms with Gasteiger partial charge in [-0.05, 0) is 31.5 Å². The summed E-state index contributed by atoms with van der Waals surface area (Å²) < 4.78 is 16.9. The van der Waals surface area contributed by atoms with Crippen LogP contribution in [0.3, 0.4) is 0 Å². The van der Waals surface area contributed by atoms with Gasteiger partial charge in [0.1, 0.15) is 29.4 Å². The molecule has 0 saturated carbocycles. The van der Waals surface area contributed by atoms with E-state index in [2.05, 4.69) is 0 Å². The third-order valence-corrected chi connectivity index (χ3v) is 4.71. The second-order valence-electron chi connectivity index (χ2n) is 5.80. The zero-order valence-electron chi connectivity index (χ0n) is 14.1. The molecule has 4 nitrogen and oxygen atoms in total. The Kier molecular flexibility index (Phi) is 4.41. The van der Waals surface area contributed by atoms with Gasteiger partial charge >= 0.3 is 0 Å². The highest BCUT2D eigenvalue weighted by molar-refractivity contribution is 6.30. The summed E-state index contributed by atoms with van der Waals surface area (Å²) in [5, 5.41) is 0.636. The Hall–Kier alpha value is -2.20. The average Bonchev–Trinajstić information content (AvgIpc) is 2.57. The van der Waals surface area contributed by atoms with Gasteiger partial charge in [-0.1, -0.05) is 23.7 Å². The minimum absolute atomic E-state index is 0.00993. The van der Waals surface area contributed by atoms with Gasteiger partial charge in [0.15, 0.2) is 5.78 Å². The quantitative estimate of drug-likeness (QED) is 0.829. The van der Waals surface area contributed by atoms with Crippen LogP contribution in [0.2, 0.25) is 5.02 Å². The summed E-state index contributed by atoms with van der Waals surface area (Å²) in [5.41, 5.74) is 2.97. The Balaban J connectivity index is 2.15. The minimum atomic E-state index is -0.379. The minimum Gasteiger partial charge on any atom is -0.496 e. The van der Waals surface area contributed by atoms with Gasteiger partial charge in [-0.3, -0.25) is 4.79 Å². The molecule has 0 saturated heterocycles. The lowest BCUT2D eigenvalue weighted by molar-refractivity contribution is 0.0890. The monoisotopic (exact) mass is 346 g/mol. The van der Waals surface area contributed by atoms with E-state index in [-0.39, 0.29) is 18.3 Å². The van der Waals surface area contributed by atoms with Crippen molar-refractivity contribution >= 4 is 17.4 Å². The molecule has 1 aliphatic heterocycles. The van der Waals surface area contributed by atoms with E-state index in [4.69, 9.17) is 25.8 Å². The summed E-state index contributed by atoms with van der Waals surface area (Å²) in [6.45, 7) is 4.05. The van der Waals surface area contributed by atoms with Gasteiger partial charge in [-0.15, -0.1) is 0 Å². The van der Waals surface area contributed by atoms with Gasteiger partial charge in [0, 0.05) is 16.1 Å². The lowest BCUT2D eigenvalue weighted by Crippen LogP contribution is -2.27. The molecule has 3 rings (SSSR count). The van der Waals surface area contributed by atoms with Crippen LogP contribution in [0.5, 0.6) is 17.2 Å². The standard InChI is InChI=1S/C19H19ClO4/c1-10-17(22-3)11(2)19-15(18(10)23-4)16(21)14(9-24-19)12-5-7-13(20)8-6-12/h5-8,14H,9H2,1-4H3. The number of fused-ring (bicyclic) bond motifs is 1. The Bertz CT molecular complexity index is 773. The van der Waals surface area contributed by atoms with E-state index in [1.165, 1.54) is 0 Å². The van der Waals surface area contributed by atoms with Crippen molar-refractivity contribution in [2.75, 3.05) is 20.8 Å². The molecule has 2 aromatic carbocycles. The van der Waals surface area contributed by atoms with Crippen molar-refractivity contribution in [3.05, 3.63) is 51.5 Å². The summed E-state index contributed by atoms with van der Waals surface area (Å²) in [6.07, 6.45) is 0. The van der Waals surface area contributed by atoms with E-state index in [1.807, 2.05) is 26.0 Å². The molecular formula is C19H19ClO4. The van der Waals surface area contributed by atoms with E-state index in [9.17, 15) is 4.79 Å². The van der Waals surface area contributed by atoms with Crippen LogP contribution >= 0.6 is 11.6 Å². The number of halogens is 1. The fourth-order valence-corrected chi connectivity index (χ4v) is 3.42. The Morgan fingerprint density at radius 1 is 1.04 bits per heavy atom. The summed E-state index contributed by atoms with van der Waals surface area (Å²) in [5.74, 6) is 1.35. The third kappa shape index (κ3) is 2.51. The number of rotatable bonds is 3. The Morgan fingerprint density at radius 2 is 1.67 bits per heavy atom. The lowest BCUT2D eigenvalue weighted by atomic mass is 9.86. The number of Topliss-reactive ketones (excluding diaryl/α,β-unsaturated/α-hetero) is 1. The molecule has 0 radical (unpaired) electrons. The summed E-state index contributed by atoms with van der Waals surface area (Å²) in [4.78, 5) is 13.2. The first-order chi connectivity index (χ1) is 11.5. The van der Waals surface area contributed by atoms with Crippen molar-refractivity contribution in [2.45, 2.75) is 19.8 Å². The largest absolute Gasteiger partial charge is 0.496 e. The number of hydrogen-bond donors (Lipinski definition) is 0. The molecule has 0 aliphatic carbocycles. The van der Waals surface area contributed by atoms with Crippen LogP contribution in [0.1, 0.15) is 33.0 Å². The number of methoxy groups -OCH3 is 2. The molecule has 1 heterocycles.